The molecule has 0 bridgehead atoms. The fraction of sp³-hybridized carbons (Fsp3) is 0.214. The van der Waals surface area contributed by atoms with E-state index in [1.165, 1.54) is 18.2 Å². The van der Waals surface area contributed by atoms with Gasteiger partial charge in [0, 0.05) is 55.6 Å². The van der Waals surface area contributed by atoms with E-state index in [4.69, 9.17) is 4.74 Å². The maximum Gasteiger partial charge on any atom is 0.318 e. The molecule has 1 N–H and O–H groups in total. The number of anilines is 1. The van der Waals surface area contributed by atoms with Crippen molar-refractivity contribution in [2.24, 2.45) is 0 Å². The largest absolute Gasteiger partial charge is 0.467 e. The zero-order valence-corrected chi connectivity index (χ0v) is 21.7. The van der Waals surface area contributed by atoms with Crippen molar-refractivity contribution in [1.29, 1.82) is 0 Å². The number of rotatable bonds is 5. The predicted molar refractivity (Wildman–Crippen MR) is 146 cm³/mol. The summed E-state index contributed by atoms with van der Waals surface area (Å²) in [5, 5.41) is 8.14. The van der Waals surface area contributed by atoms with Crippen LogP contribution in [-0.2, 0) is 4.79 Å². The minimum absolute atomic E-state index is 0.000337. The molecule has 0 spiro atoms. The molecule has 202 valence electrons. The molecule has 40 heavy (non-hydrogen) atoms. The van der Waals surface area contributed by atoms with Crippen LogP contribution in [0.2, 0.25) is 0 Å². The first-order chi connectivity index (χ1) is 19.4. The van der Waals surface area contributed by atoms with Crippen molar-refractivity contribution in [2.45, 2.75) is 6.92 Å². The summed E-state index contributed by atoms with van der Waals surface area (Å²) in [4.78, 5) is 33.3. The molecule has 0 aliphatic carbocycles. The third-order valence-corrected chi connectivity index (χ3v) is 6.93. The third-order valence-electron chi connectivity index (χ3n) is 6.93. The van der Waals surface area contributed by atoms with Crippen LogP contribution in [0.25, 0.3) is 39.1 Å². The lowest BCUT2D eigenvalue weighted by molar-refractivity contribution is -0.128. The van der Waals surface area contributed by atoms with Gasteiger partial charge < -0.3 is 14.5 Å². The number of nitrogens with one attached hydrogen (secondary N) is 1. The Morgan fingerprint density at radius 1 is 1.05 bits per heavy atom. The van der Waals surface area contributed by atoms with Crippen molar-refractivity contribution in [2.75, 3.05) is 38.2 Å². The van der Waals surface area contributed by atoms with Gasteiger partial charge in [0.15, 0.2) is 11.6 Å². The summed E-state index contributed by atoms with van der Waals surface area (Å²) in [5.41, 5.74) is 2.80. The fourth-order valence-corrected chi connectivity index (χ4v) is 4.89. The van der Waals surface area contributed by atoms with Crippen LogP contribution in [0, 0.1) is 12.7 Å². The van der Waals surface area contributed by atoms with E-state index in [1.807, 2.05) is 24.0 Å². The number of H-pyrrole nitrogens is 1. The molecular weight excluding hydrogens is 518 g/mol. The van der Waals surface area contributed by atoms with Crippen LogP contribution in [-0.4, -0.2) is 74.2 Å². The van der Waals surface area contributed by atoms with Gasteiger partial charge in [-0.05, 0) is 30.7 Å². The summed E-state index contributed by atoms with van der Waals surface area (Å²) in [7, 11) is 1.41. The summed E-state index contributed by atoms with van der Waals surface area (Å²) >= 11 is 0. The highest BCUT2D eigenvalue weighted by Crippen LogP contribution is 2.36. The van der Waals surface area contributed by atoms with Gasteiger partial charge in [-0.15, -0.1) is 0 Å². The number of pyridine rings is 2. The smallest absolute Gasteiger partial charge is 0.318 e. The highest BCUT2D eigenvalue weighted by atomic mass is 19.1. The van der Waals surface area contributed by atoms with Crippen molar-refractivity contribution in [3.05, 3.63) is 71.8 Å². The molecule has 1 aliphatic heterocycles. The number of hydrogen-bond acceptors (Lipinski definition) is 8. The van der Waals surface area contributed by atoms with Crippen molar-refractivity contribution < 1.29 is 18.3 Å². The number of hydrogen-bond donors (Lipinski definition) is 1. The predicted octanol–water partition coefficient (Wildman–Crippen LogP) is 4.08. The van der Waals surface area contributed by atoms with Gasteiger partial charge in [-0.3, -0.25) is 19.9 Å². The Balaban J connectivity index is 1.31. The van der Waals surface area contributed by atoms with E-state index in [2.05, 4.69) is 30.1 Å². The average Bonchev–Trinajstić information content (AvgIpc) is 3.46. The number of carbonyl (C=O) groups excluding carboxylic acids is 1. The molecule has 4 aromatic heterocycles. The Morgan fingerprint density at radius 2 is 1.88 bits per heavy atom. The van der Waals surface area contributed by atoms with Crippen LogP contribution in [0.1, 0.15) is 11.3 Å². The molecule has 0 saturated carbocycles. The number of aromatic amines is 1. The molecule has 0 unspecified atom stereocenters. The summed E-state index contributed by atoms with van der Waals surface area (Å²) < 4.78 is 36.1. The minimum atomic E-state index is -0.886. The molecule has 0 radical (unpaired) electrons. The molecule has 5 aromatic rings. The number of benzene rings is 1. The van der Waals surface area contributed by atoms with Crippen LogP contribution in [0.15, 0.2) is 54.7 Å². The molecule has 10 nitrogen and oxygen atoms in total. The zero-order valence-electron chi connectivity index (χ0n) is 21.7. The quantitative estimate of drug-likeness (QED) is 0.331. The van der Waals surface area contributed by atoms with Gasteiger partial charge >= 0.3 is 6.01 Å². The second-order valence-corrected chi connectivity index (χ2v) is 9.33. The number of amides is 1. The fourth-order valence-electron chi connectivity index (χ4n) is 4.89. The highest BCUT2D eigenvalue weighted by Gasteiger charge is 2.28. The molecule has 1 amide bonds. The first-order valence-corrected chi connectivity index (χ1v) is 12.6. The van der Waals surface area contributed by atoms with Gasteiger partial charge in [0.25, 0.3) is 5.91 Å². The number of piperazine rings is 1. The molecular formula is C28H24F2N8O2. The van der Waals surface area contributed by atoms with E-state index >= 15 is 4.39 Å². The third kappa shape index (κ3) is 4.46. The SMILES string of the molecule is COc1nc(N2CCN(C(=O)/C(F)=C/c3ccccn3)CC2)c2cnc(-c3c(C)ccc4[nH]ncc34)c(F)c2n1. The lowest BCUT2D eigenvalue weighted by Gasteiger charge is -2.35. The monoisotopic (exact) mass is 542 g/mol. The van der Waals surface area contributed by atoms with Crippen LogP contribution in [0.3, 0.4) is 0 Å². The van der Waals surface area contributed by atoms with Crippen molar-refractivity contribution in [3.63, 3.8) is 0 Å². The lowest BCUT2D eigenvalue weighted by Crippen LogP contribution is -2.49. The molecule has 12 heteroatoms. The van der Waals surface area contributed by atoms with E-state index in [0.717, 1.165) is 22.5 Å². The minimum Gasteiger partial charge on any atom is -0.467 e. The topological polar surface area (TPSA) is 113 Å². The van der Waals surface area contributed by atoms with Crippen molar-refractivity contribution >= 4 is 39.6 Å². The number of aryl methyl sites for hydroxylation is 1. The summed E-state index contributed by atoms with van der Waals surface area (Å²) in [6, 6.07) is 8.81. The summed E-state index contributed by atoms with van der Waals surface area (Å²) in [6.45, 7) is 3.05. The van der Waals surface area contributed by atoms with E-state index in [9.17, 15) is 9.18 Å². The van der Waals surface area contributed by atoms with Crippen LogP contribution in [0.4, 0.5) is 14.6 Å². The van der Waals surface area contributed by atoms with Gasteiger partial charge in [-0.25, -0.2) is 8.78 Å². The van der Waals surface area contributed by atoms with Crippen LogP contribution < -0.4 is 9.64 Å². The van der Waals surface area contributed by atoms with E-state index in [1.54, 1.807) is 30.6 Å². The van der Waals surface area contributed by atoms with Crippen LogP contribution >= 0.6 is 0 Å². The molecule has 1 aromatic carbocycles. The second-order valence-electron chi connectivity index (χ2n) is 9.33. The molecule has 1 saturated heterocycles. The number of halogens is 2. The Morgan fingerprint density at radius 3 is 2.62 bits per heavy atom. The number of fused-ring (bicyclic) bond motifs is 2. The standard InChI is InChI=1S/C28H24F2N8O2/c1-16-6-7-21-18(15-33-36-21)22(16)25-23(30)24-19(14-32-25)26(35-28(34-24)40-2)37-9-11-38(12-10-37)27(39)20(29)13-17-5-3-4-8-31-17/h3-8,13-15H,9-12H2,1-2H3,(H,33,36)/b20-13-. The number of methoxy groups -OCH3 is 1. The number of ether oxygens (including phenoxy) is 1. The maximum atomic E-state index is 16.1. The van der Waals surface area contributed by atoms with E-state index in [-0.39, 0.29) is 30.3 Å². The first kappa shape index (κ1) is 25.3. The van der Waals surface area contributed by atoms with Gasteiger partial charge in [0.2, 0.25) is 0 Å². The van der Waals surface area contributed by atoms with Gasteiger partial charge in [0.05, 0.1) is 29.9 Å². The number of aromatic nitrogens is 6. The molecule has 0 atom stereocenters. The summed E-state index contributed by atoms with van der Waals surface area (Å²) in [5.74, 6) is -1.78. The van der Waals surface area contributed by atoms with Gasteiger partial charge in [-0.2, -0.15) is 15.1 Å². The number of carbonyl (C=O) groups is 1. The van der Waals surface area contributed by atoms with Gasteiger partial charge in [-0.1, -0.05) is 12.1 Å². The number of nitrogens with zero attached hydrogens (tertiary/aromatic N) is 7. The Bertz CT molecular complexity index is 1770. The van der Waals surface area contributed by atoms with E-state index in [0.29, 0.717) is 35.6 Å². The molecule has 1 fully saturated rings. The van der Waals surface area contributed by atoms with Crippen molar-refractivity contribution in [1.82, 2.24) is 35.0 Å². The Hall–Kier alpha value is -5.00. The van der Waals surface area contributed by atoms with Gasteiger partial charge in [0.1, 0.15) is 17.0 Å². The van der Waals surface area contributed by atoms with E-state index < -0.39 is 17.6 Å². The molecule has 1 aliphatic rings. The maximum absolute atomic E-state index is 16.1. The Kier molecular flexibility index (Phi) is 6.50. The van der Waals surface area contributed by atoms with Crippen LogP contribution in [0.5, 0.6) is 6.01 Å². The Labute approximate surface area is 227 Å². The first-order valence-electron chi connectivity index (χ1n) is 12.6. The highest BCUT2D eigenvalue weighted by molar-refractivity contribution is 5.99. The van der Waals surface area contributed by atoms with Crippen molar-refractivity contribution in [3.8, 4) is 17.3 Å². The lowest BCUT2D eigenvalue weighted by atomic mass is 10.00. The average molecular weight is 543 g/mol. The molecule has 5 heterocycles. The summed E-state index contributed by atoms with van der Waals surface area (Å²) in [6.07, 6.45) is 5.84. The molecule has 6 rings (SSSR count). The zero-order chi connectivity index (χ0) is 27.8. The normalized spacial score (nSPS) is 14.2. The second kappa shape index (κ2) is 10.3.